The van der Waals surface area contributed by atoms with E-state index in [9.17, 15) is 14.7 Å². The molecular weight excluding hydrogens is 416 g/mol. The maximum Gasteiger partial charge on any atom is 0.295 e. The molecule has 4 rings (SSSR count). The van der Waals surface area contributed by atoms with E-state index >= 15 is 0 Å². The number of ether oxygens (including phenoxy) is 1. The lowest BCUT2D eigenvalue weighted by molar-refractivity contribution is -0.140. The smallest absolute Gasteiger partial charge is 0.295 e. The molecule has 33 heavy (non-hydrogen) atoms. The Morgan fingerprint density at radius 1 is 1.06 bits per heavy atom. The van der Waals surface area contributed by atoms with Gasteiger partial charge in [-0.3, -0.25) is 9.59 Å². The average molecular weight is 449 g/mol. The maximum absolute atomic E-state index is 13.2. The number of amides is 1. The van der Waals surface area contributed by atoms with Crippen molar-refractivity contribution in [1.82, 2.24) is 4.90 Å². The van der Waals surface area contributed by atoms with Gasteiger partial charge in [0.05, 0.1) is 17.7 Å². The van der Waals surface area contributed by atoms with Crippen molar-refractivity contribution in [1.29, 1.82) is 0 Å². The Morgan fingerprint density at radius 2 is 1.73 bits per heavy atom. The third-order valence-corrected chi connectivity index (χ3v) is 6.63. The lowest BCUT2D eigenvalue weighted by Crippen LogP contribution is -2.36. The van der Waals surface area contributed by atoms with Gasteiger partial charge >= 0.3 is 0 Å². The number of Topliss-reactive ketones (excluding diaryl/α,β-unsaturated/α-hetero) is 1. The van der Waals surface area contributed by atoms with Crippen LogP contribution in [0.2, 0.25) is 0 Å². The molecule has 2 saturated heterocycles. The fourth-order valence-electron chi connectivity index (χ4n) is 4.75. The van der Waals surface area contributed by atoms with Crippen LogP contribution in [0.15, 0.2) is 54.1 Å². The van der Waals surface area contributed by atoms with Crippen molar-refractivity contribution < 1.29 is 19.4 Å². The SMILES string of the molecule is CCN(CC)c1ccc([C@@H]2C(=C(O)c3ccc(C)cc3)C(=O)C(=O)N2C[C@@H]2CCCO2)cc1. The third kappa shape index (κ3) is 4.53. The molecule has 0 aliphatic carbocycles. The lowest BCUT2D eigenvalue weighted by Gasteiger charge is -2.28. The van der Waals surface area contributed by atoms with Gasteiger partial charge in [-0.2, -0.15) is 0 Å². The highest BCUT2D eigenvalue weighted by atomic mass is 16.5. The van der Waals surface area contributed by atoms with E-state index < -0.39 is 17.7 Å². The summed E-state index contributed by atoms with van der Waals surface area (Å²) in [5.74, 6) is -1.37. The topological polar surface area (TPSA) is 70.1 Å². The minimum atomic E-state index is -0.652. The molecule has 6 heteroatoms. The molecule has 0 aromatic heterocycles. The highest BCUT2D eigenvalue weighted by Gasteiger charge is 2.47. The second-order valence-electron chi connectivity index (χ2n) is 8.72. The number of aliphatic hydroxyl groups excluding tert-OH is 1. The van der Waals surface area contributed by atoms with Gasteiger partial charge < -0.3 is 19.6 Å². The molecule has 6 nitrogen and oxygen atoms in total. The first-order valence-corrected chi connectivity index (χ1v) is 11.8. The summed E-state index contributed by atoms with van der Waals surface area (Å²) in [5, 5.41) is 11.2. The van der Waals surface area contributed by atoms with Crippen molar-refractivity contribution in [3.63, 3.8) is 0 Å². The number of ketones is 1. The standard InChI is InChI=1S/C27H32N2O4/c1-4-28(5-2)21-14-12-19(13-15-21)24-23(25(30)20-10-8-18(3)9-11-20)26(31)27(32)29(24)17-22-7-6-16-33-22/h8-15,22,24,30H,4-7,16-17H2,1-3H3/t22-,24+/m0/s1. The zero-order valence-electron chi connectivity index (χ0n) is 19.6. The van der Waals surface area contributed by atoms with Gasteiger partial charge in [0.2, 0.25) is 0 Å². The van der Waals surface area contributed by atoms with Crippen LogP contribution < -0.4 is 4.90 Å². The van der Waals surface area contributed by atoms with E-state index in [0.29, 0.717) is 18.7 Å². The Hall–Kier alpha value is -3.12. The molecule has 1 N–H and O–H groups in total. The Labute approximate surface area is 195 Å². The number of carbonyl (C=O) groups excluding carboxylic acids is 2. The van der Waals surface area contributed by atoms with E-state index in [1.165, 1.54) is 0 Å². The van der Waals surface area contributed by atoms with Crippen LogP contribution in [0.1, 0.15) is 49.4 Å². The molecule has 2 aliphatic rings. The van der Waals surface area contributed by atoms with Crippen LogP contribution in [0.3, 0.4) is 0 Å². The lowest BCUT2D eigenvalue weighted by atomic mass is 9.94. The number of hydrogen-bond acceptors (Lipinski definition) is 5. The summed E-state index contributed by atoms with van der Waals surface area (Å²) < 4.78 is 5.77. The minimum absolute atomic E-state index is 0.0972. The van der Waals surface area contributed by atoms with Gasteiger partial charge in [-0.25, -0.2) is 0 Å². The van der Waals surface area contributed by atoms with Crippen molar-refractivity contribution in [3.05, 3.63) is 70.8 Å². The zero-order valence-corrected chi connectivity index (χ0v) is 19.6. The van der Waals surface area contributed by atoms with Crippen molar-refractivity contribution in [2.24, 2.45) is 0 Å². The number of aryl methyl sites for hydroxylation is 1. The summed E-state index contributed by atoms with van der Waals surface area (Å²) in [6.07, 6.45) is 1.70. The Bertz CT molecular complexity index is 1030. The van der Waals surface area contributed by atoms with Crippen LogP contribution >= 0.6 is 0 Å². The molecule has 2 atom stereocenters. The fraction of sp³-hybridized carbons (Fsp3) is 0.407. The molecule has 2 aromatic carbocycles. The molecule has 0 saturated carbocycles. The van der Waals surface area contributed by atoms with E-state index in [4.69, 9.17) is 4.74 Å². The van der Waals surface area contributed by atoms with Gasteiger partial charge in [-0.05, 0) is 51.3 Å². The normalized spacial score (nSPS) is 22.2. The van der Waals surface area contributed by atoms with E-state index in [1.807, 2.05) is 43.3 Å². The Morgan fingerprint density at radius 3 is 2.30 bits per heavy atom. The van der Waals surface area contributed by atoms with Crippen LogP contribution in [0.4, 0.5) is 5.69 Å². The first kappa shape index (κ1) is 23.1. The first-order chi connectivity index (χ1) is 15.9. The fourth-order valence-corrected chi connectivity index (χ4v) is 4.75. The Kier molecular flexibility index (Phi) is 6.84. The van der Waals surface area contributed by atoms with Gasteiger partial charge in [0.25, 0.3) is 11.7 Å². The van der Waals surface area contributed by atoms with Crippen molar-refractivity contribution >= 4 is 23.1 Å². The second kappa shape index (κ2) is 9.79. The monoisotopic (exact) mass is 448 g/mol. The highest BCUT2D eigenvalue weighted by molar-refractivity contribution is 6.46. The number of nitrogens with zero attached hydrogens (tertiary/aromatic N) is 2. The molecule has 174 valence electrons. The molecule has 0 radical (unpaired) electrons. The van der Waals surface area contributed by atoms with Crippen LogP contribution in [-0.2, 0) is 14.3 Å². The summed E-state index contributed by atoms with van der Waals surface area (Å²) in [5.41, 5.74) is 3.60. The summed E-state index contributed by atoms with van der Waals surface area (Å²) >= 11 is 0. The number of benzene rings is 2. The maximum atomic E-state index is 13.2. The molecule has 2 fully saturated rings. The quantitative estimate of drug-likeness (QED) is 0.385. The van der Waals surface area contributed by atoms with E-state index in [0.717, 1.165) is 42.7 Å². The molecule has 0 bridgehead atoms. The predicted octanol–water partition coefficient (Wildman–Crippen LogP) is 4.44. The number of carbonyl (C=O) groups is 2. The number of rotatable bonds is 7. The van der Waals surface area contributed by atoms with Gasteiger partial charge in [0.15, 0.2) is 0 Å². The third-order valence-electron chi connectivity index (χ3n) is 6.63. The van der Waals surface area contributed by atoms with Crippen LogP contribution in [-0.4, -0.2) is 54.0 Å². The van der Waals surface area contributed by atoms with Crippen molar-refractivity contribution in [2.75, 3.05) is 31.1 Å². The van der Waals surface area contributed by atoms with Gasteiger partial charge in [0, 0.05) is 37.5 Å². The molecule has 2 aliphatic heterocycles. The summed E-state index contributed by atoms with van der Waals surface area (Å²) in [6.45, 7) is 8.95. The largest absolute Gasteiger partial charge is 0.507 e. The average Bonchev–Trinajstić information content (AvgIpc) is 3.43. The molecule has 1 amide bonds. The van der Waals surface area contributed by atoms with E-state index in [1.54, 1.807) is 17.0 Å². The van der Waals surface area contributed by atoms with Crippen LogP contribution in [0.5, 0.6) is 0 Å². The second-order valence-corrected chi connectivity index (χ2v) is 8.72. The van der Waals surface area contributed by atoms with E-state index in [-0.39, 0.29) is 17.4 Å². The van der Waals surface area contributed by atoms with Gasteiger partial charge in [-0.15, -0.1) is 0 Å². The zero-order chi connectivity index (χ0) is 23.5. The number of likely N-dealkylation sites (tertiary alicyclic amines) is 1. The minimum Gasteiger partial charge on any atom is -0.507 e. The summed E-state index contributed by atoms with van der Waals surface area (Å²) in [7, 11) is 0. The Balaban J connectivity index is 1.78. The number of hydrogen-bond donors (Lipinski definition) is 1. The van der Waals surface area contributed by atoms with Gasteiger partial charge in [-0.1, -0.05) is 42.0 Å². The van der Waals surface area contributed by atoms with Crippen LogP contribution in [0.25, 0.3) is 5.76 Å². The van der Waals surface area contributed by atoms with Crippen molar-refractivity contribution in [3.8, 4) is 0 Å². The number of anilines is 1. The molecule has 2 aromatic rings. The molecule has 0 spiro atoms. The van der Waals surface area contributed by atoms with E-state index in [2.05, 4.69) is 18.7 Å². The molecular formula is C27H32N2O4. The number of aliphatic hydroxyl groups is 1. The predicted molar refractivity (Wildman–Crippen MR) is 129 cm³/mol. The van der Waals surface area contributed by atoms with Crippen LogP contribution in [0, 0.1) is 6.92 Å². The summed E-state index contributed by atoms with van der Waals surface area (Å²) in [6, 6.07) is 14.6. The summed E-state index contributed by atoms with van der Waals surface area (Å²) in [4.78, 5) is 30.1. The van der Waals surface area contributed by atoms with Crippen molar-refractivity contribution in [2.45, 2.75) is 45.8 Å². The highest BCUT2D eigenvalue weighted by Crippen LogP contribution is 2.40. The first-order valence-electron chi connectivity index (χ1n) is 11.8. The van der Waals surface area contributed by atoms with Gasteiger partial charge in [0.1, 0.15) is 5.76 Å². The molecule has 2 heterocycles. The molecule has 0 unspecified atom stereocenters.